The Kier molecular flexibility index (Phi) is 3.30. The quantitative estimate of drug-likeness (QED) is 0.829. The summed E-state index contributed by atoms with van der Waals surface area (Å²) < 4.78 is 2.25. The van der Waals surface area contributed by atoms with Crippen LogP contribution in [0.1, 0.15) is 19.5 Å². The van der Waals surface area contributed by atoms with Gasteiger partial charge in [-0.05, 0) is 36.7 Å². The summed E-state index contributed by atoms with van der Waals surface area (Å²) in [6, 6.07) is 11.5. The molecule has 1 heterocycles. The molecule has 85 valence electrons. The molecular weight excluding hydrogens is 196 g/mol. The van der Waals surface area contributed by atoms with E-state index >= 15 is 0 Å². The molecule has 0 aliphatic heterocycles. The second-order valence-electron chi connectivity index (χ2n) is 4.70. The first-order chi connectivity index (χ1) is 7.68. The van der Waals surface area contributed by atoms with E-state index in [0.717, 1.165) is 13.1 Å². The zero-order chi connectivity index (χ0) is 11.5. The van der Waals surface area contributed by atoms with Gasteiger partial charge in [0.15, 0.2) is 0 Å². The molecule has 0 saturated heterocycles. The number of benzene rings is 1. The molecule has 0 unspecified atom stereocenters. The average molecular weight is 215 g/mol. The predicted octanol–water partition coefficient (Wildman–Crippen LogP) is 2.72. The van der Waals surface area contributed by atoms with Crippen molar-refractivity contribution in [3.8, 4) is 0 Å². The fourth-order valence-corrected chi connectivity index (χ4v) is 1.95. The van der Waals surface area contributed by atoms with Crippen LogP contribution in [0.4, 0.5) is 0 Å². The number of rotatable bonds is 4. The van der Waals surface area contributed by atoms with Crippen molar-refractivity contribution in [2.75, 3.05) is 6.54 Å². The van der Waals surface area contributed by atoms with E-state index in [4.69, 9.17) is 0 Å². The maximum atomic E-state index is 3.47. The molecule has 16 heavy (non-hydrogen) atoms. The Hall–Kier alpha value is -1.28. The smallest absolute Gasteiger partial charge is 0.0480 e. The van der Waals surface area contributed by atoms with Crippen LogP contribution in [-0.4, -0.2) is 11.1 Å². The minimum absolute atomic E-state index is 0.697. The van der Waals surface area contributed by atoms with Gasteiger partial charge in [0.05, 0.1) is 0 Å². The Balaban J connectivity index is 2.15. The van der Waals surface area contributed by atoms with E-state index in [1.54, 1.807) is 0 Å². The summed E-state index contributed by atoms with van der Waals surface area (Å²) in [5.74, 6) is 0.697. The zero-order valence-corrected chi connectivity index (χ0v) is 10.2. The summed E-state index contributed by atoms with van der Waals surface area (Å²) in [5.41, 5.74) is 2.61. The lowest BCUT2D eigenvalue weighted by Crippen LogP contribution is -2.20. The van der Waals surface area contributed by atoms with Crippen molar-refractivity contribution in [3.63, 3.8) is 0 Å². The van der Waals surface area contributed by atoms with Gasteiger partial charge in [-0.3, -0.25) is 0 Å². The van der Waals surface area contributed by atoms with Gasteiger partial charge in [0.2, 0.25) is 0 Å². The lowest BCUT2D eigenvalue weighted by atomic mass is 10.2. The largest absolute Gasteiger partial charge is 0.346 e. The normalized spacial score (nSPS) is 11.5. The van der Waals surface area contributed by atoms with E-state index in [0.29, 0.717) is 5.92 Å². The molecule has 1 radical (unpaired) electrons. The molecule has 0 aliphatic carbocycles. The van der Waals surface area contributed by atoms with Crippen LogP contribution in [0, 0.1) is 12.0 Å². The van der Waals surface area contributed by atoms with Crippen LogP contribution in [-0.2, 0) is 13.6 Å². The molecule has 1 N–H and O–H groups in total. The molecule has 0 atom stereocenters. The van der Waals surface area contributed by atoms with Crippen LogP contribution < -0.4 is 5.32 Å². The number of aryl methyl sites for hydroxylation is 1. The van der Waals surface area contributed by atoms with Crippen LogP contribution in [0.25, 0.3) is 10.9 Å². The highest BCUT2D eigenvalue weighted by molar-refractivity contribution is 5.80. The van der Waals surface area contributed by atoms with Crippen molar-refractivity contribution in [2.45, 2.75) is 20.4 Å². The summed E-state index contributed by atoms with van der Waals surface area (Å²) >= 11 is 0. The van der Waals surface area contributed by atoms with Crippen LogP contribution >= 0.6 is 0 Å². The third-order valence-corrected chi connectivity index (χ3v) is 2.85. The van der Waals surface area contributed by atoms with Gasteiger partial charge in [0.25, 0.3) is 0 Å². The van der Waals surface area contributed by atoms with E-state index in [1.165, 1.54) is 16.6 Å². The van der Waals surface area contributed by atoms with E-state index in [-0.39, 0.29) is 0 Å². The van der Waals surface area contributed by atoms with Crippen LogP contribution in [0.5, 0.6) is 0 Å². The van der Waals surface area contributed by atoms with Gasteiger partial charge in [-0.1, -0.05) is 19.9 Å². The third-order valence-electron chi connectivity index (χ3n) is 2.85. The van der Waals surface area contributed by atoms with E-state index in [2.05, 4.69) is 49.0 Å². The fourth-order valence-electron chi connectivity index (χ4n) is 1.95. The van der Waals surface area contributed by atoms with E-state index < -0.39 is 0 Å². The SMILES string of the molecule is CC(C)CNCc1cc2c[c]ccc2n1C. The number of fused-ring (bicyclic) bond motifs is 1. The van der Waals surface area contributed by atoms with Gasteiger partial charge in [0, 0.05) is 30.2 Å². The highest BCUT2D eigenvalue weighted by Crippen LogP contribution is 2.17. The Morgan fingerprint density at radius 3 is 2.94 bits per heavy atom. The summed E-state index contributed by atoms with van der Waals surface area (Å²) in [7, 11) is 2.12. The molecule has 0 saturated carbocycles. The molecule has 2 nitrogen and oxygen atoms in total. The van der Waals surface area contributed by atoms with Crippen LogP contribution in [0.15, 0.2) is 24.3 Å². The van der Waals surface area contributed by atoms with Crippen LogP contribution in [0.2, 0.25) is 0 Å². The van der Waals surface area contributed by atoms with Crippen LogP contribution in [0.3, 0.4) is 0 Å². The molecule has 2 aromatic rings. The molecule has 0 fully saturated rings. The second kappa shape index (κ2) is 4.71. The number of hydrogen-bond acceptors (Lipinski definition) is 1. The zero-order valence-electron chi connectivity index (χ0n) is 10.2. The Labute approximate surface area is 97.3 Å². The highest BCUT2D eigenvalue weighted by Gasteiger charge is 2.04. The van der Waals surface area contributed by atoms with Gasteiger partial charge >= 0.3 is 0 Å². The number of nitrogens with one attached hydrogen (secondary N) is 1. The van der Waals surface area contributed by atoms with Crippen molar-refractivity contribution < 1.29 is 0 Å². The Morgan fingerprint density at radius 1 is 1.44 bits per heavy atom. The third kappa shape index (κ3) is 2.27. The lowest BCUT2D eigenvalue weighted by molar-refractivity contribution is 0.543. The first kappa shape index (κ1) is 11.2. The Morgan fingerprint density at radius 2 is 2.25 bits per heavy atom. The van der Waals surface area contributed by atoms with Gasteiger partial charge in [-0.25, -0.2) is 0 Å². The molecule has 2 heteroatoms. The summed E-state index contributed by atoms with van der Waals surface area (Å²) in [5, 5.41) is 4.74. The van der Waals surface area contributed by atoms with Gasteiger partial charge < -0.3 is 9.88 Å². The Bertz CT molecular complexity index is 469. The molecule has 1 aromatic heterocycles. The average Bonchev–Trinajstić information content (AvgIpc) is 2.56. The first-order valence-corrected chi connectivity index (χ1v) is 5.83. The highest BCUT2D eigenvalue weighted by atomic mass is 15.0. The lowest BCUT2D eigenvalue weighted by Gasteiger charge is -2.08. The van der Waals surface area contributed by atoms with Crippen molar-refractivity contribution >= 4 is 10.9 Å². The first-order valence-electron chi connectivity index (χ1n) is 5.83. The van der Waals surface area contributed by atoms with Crippen molar-refractivity contribution in [1.82, 2.24) is 9.88 Å². The maximum absolute atomic E-state index is 3.47. The topological polar surface area (TPSA) is 17.0 Å². The molecule has 0 bridgehead atoms. The van der Waals surface area contributed by atoms with Crippen molar-refractivity contribution in [3.05, 3.63) is 36.0 Å². The number of hydrogen-bond donors (Lipinski definition) is 1. The fraction of sp³-hybridized carbons (Fsp3) is 0.429. The number of nitrogens with zero attached hydrogens (tertiary/aromatic N) is 1. The molecular formula is C14H19N2. The molecule has 0 aliphatic rings. The molecule has 1 aromatic carbocycles. The summed E-state index contributed by atoms with van der Waals surface area (Å²) in [6.07, 6.45) is 0. The maximum Gasteiger partial charge on any atom is 0.0480 e. The van der Waals surface area contributed by atoms with Gasteiger partial charge in [-0.2, -0.15) is 0 Å². The van der Waals surface area contributed by atoms with E-state index in [1.807, 2.05) is 12.1 Å². The molecule has 2 rings (SSSR count). The van der Waals surface area contributed by atoms with Crippen molar-refractivity contribution in [1.29, 1.82) is 0 Å². The summed E-state index contributed by atoms with van der Waals surface area (Å²) in [4.78, 5) is 0. The predicted molar refractivity (Wildman–Crippen MR) is 68.3 cm³/mol. The molecule has 0 amide bonds. The monoisotopic (exact) mass is 215 g/mol. The van der Waals surface area contributed by atoms with E-state index in [9.17, 15) is 0 Å². The number of aromatic nitrogens is 1. The van der Waals surface area contributed by atoms with Crippen molar-refractivity contribution in [2.24, 2.45) is 13.0 Å². The summed E-state index contributed by atoms with van der Waals surface area (Å²) in [6.45, 7) is 6.45. The second-order valence-corrected chi connectivity index (χ2v) is 4.70. The minimum Gasteiger partial charge on any atom is -0.346 e. The van der Waals surface area contributed by atoms with Gasteiger partial charge in [-0.15, -0.1) is 0 Å². The van der Waals surface area contributed by atoms with Gasteiger partial charge in [0.1, 0.15) is 0 Å². The minimum atomic E-state index is 0.697. The molecule has 0 spiro atoms. The standard InChI is InChI=1S/C14H19N2/c1-11(2)9-15-10-13-8-12-6-4-5-7-14(12)16(13)3/h5-8,11,15H,9-10H2,1-3H3.